The van der Waals surface area contributed by atoms with Crippen LogP contribution in [0.25, 0.3) is 0 Å². The molecule has 19 heavy (non-hydrogen) atoms. The van der Waals surface area contributed by atoms with E-state index in [1.807, 2.05) is 32.8 Å². The standard InChI is InChI=1S/C13H22N4O2/c1-8(2)10(14)12(18)16-11-9(17(3)4)6-7-15-13(11)19-5/h6-8,10H,14H2,1-5H3,(H,16,18)/t10-/m0/s1. The van der Waals surface area contributed by atoms with Crippen LogP contribution in [0.2, 0.25) is 0 Å². The molecule has 106 valence electrons. The zero-order valence-corrected chi connectivity index (χ0v) is 12.1. The molecule has 0 saturated heterocycles. The first-order chi connectivity index (χ1) is 8.88. The highest BCUT2D eigenvalue weighted by Crippen LogP contribution is 2.32. The summed E-state index contributed by atoms with van der Waals surface area (Å²) in [6.07, 6.45) is 1.63. The van der Waals surface area contributed by atoms with Gasteiger partial charge >= 0.3 is 0 Å². The molecule has 1 aromatic heterocycles. The summed E-state index contributed by atoms with van der Waals surface area (Å²) in [6, 6.07) is 1.24. The average Bonchev–Trinajstić information content (AvgIpc) is 2.37. The van der Waals surface area contributed by atoms with E-state index in [1.165, 1.54) is 7.11 Å². The Morgan fingerprint density at radius 3 is 2.58 bits per heavy atom. The highest BCUT2D eigenvalue weighted by atomic mass is 16.5. The lowest BCUT2D eigenvalue weighted by atomic mass is 10.0. The number of carbonyl (C=O) groups excluding carboxylic acids is 1. The fourth-order valence-electron chi connectivity index (χ4n) is 1.59. The number of nitrogens with one attached hydrogen (secondary N) is 1. The van der Waals surface area contributed by atoms with Crippen molar-refractivity contribution in [1.29, 1.82) is 0 Å². The van der Waals surface area contributed by atoms with Gasteiger partial charge in [0.1, 0.15) is 5.69 Å². The Labute approximate surface area is 113 Å². The van der Waals surface area contributed by atoms with E-state index >= 15 is 0 Å². The minimum absolute atomic E-state index is 0.0606. The lowest BCUT2D eigenvalue weighted by Crippen LogP contribution is -2.40. The van der Waals surface area contributed by atoms with Crippen molar-refractivity contribution >= 4 is 17.3 Å². The molecule has 0 aromatic carbocycles. The lowest BCUT2D eigenvalue weighted by molar-refractivity contribution is -0.118. The van der Waals surface area contributed by atoms with E-state index in [1.54, 1.807) is 12.3 Å². The molecule has 1 aromatic rings. The summed E-state index contributed by atoms with van der Waals surface area (Å²) in [5.41, 5.74) is 7.19. The van der Waals surface area contributed by atoms with Gasteiger partial charge in [-0.15, -0.1) is 0 Å². The first-order valence-corrected chi connectivity index (χ1v) is 6.15. The summed E-state index contributed by atoms with van der Waals surface area (Å²) in [7, 11) is 5.28. The van der Waals surface area contributed by atoms with Crippen molar-refractivity contribution in [3.05, 3.63) is 12.3 Å². The number of anilines is 2. The molecule has 1 heterocycles. The van der Waals surface area contributed by atoms with E-state index in [9.17, 15) is 4.79 Å². The number of pyridine rings is 1. The molecule has 0 aliphatic heterocycles. The van der Waals surface area contributed by atoms with E-state index in [0.717, 1.165) is 5.69 Å². The molecule has 0 spiro atoms. The first kappa shape index (κ1) is 15.2. The molecule has 6 heteroatoms. The molecule has 0 unspecified atom stereocenters. The Bertz CT molecular complexity index is 446. The minimum atomic E-state index is -0.570. The van der Waals surface area contributed by atoms with Crippen molar-refractivity contribution in [2.24, 2.45) is 11.7 Å². The Kier molecular flexibility index (Phi) is 5.11. The molecule has 0 bridgehead atoms. The highest BCUT2D eigenvalue weighted by Gasteiger charge is 2.21. The number of ether oxygens (including phenoxy) is 1. The number of amides is 1. The van der Waals surface area contributed by atoms with Crippen molar-refractivity contribution in [3.8, 4) is 5.88 Å². The van der Waals surface area contributed by atoms with E-state index in [2.05, 4.69) is 10.3 Å². The van der Waals surface area contributed by atoms with Gasteiger partial charge < -0.3 is 20.7 Å². The van der Waals surface area contributed by atoms with Crippen molar-refractivity contribution in [1.82, 2.24) is 4.98 Å². The number of methoxy groups -OCH3 is 1. The van der Waals surface area contributed by atoms with Crippen molar-refractivity contribution in [2.45, 2.75) is 19.9 Å². The topological polar surface area (TPSA) is 80.5 Å². The van der Waals surface area contributed by atoms with E-state index < -0.39 is 6.04 Å². The SMILES string of the molecule is COc1nccc(N(C)C)c1NC(=O)[C@@H](N)C(C)C. The van der Waals surface area contributed by atoms with Crippen molar-refractivity contribution in [2.75, 3.05) is 31.4 Å². The van der Waals surface area contributed by atoms with Crippen LogP contribution in [0.4, 0.5) is 11.4 Å². The van der Waals surface area contributed by atoms with Crippen LogP contribution in [0.15, 0.2) is 12.3 Å². The van der Waals surface area contributed by atoms with Gasteiger partial charge in [0.15, 0.2) is 0 Å². The molecular formula is C13H22N4O2. The molecular weight excluding hydrogens is 244 g/mol. The van der Waals surface area contributed by atoms with E-state index in [0.29, 0.717) is 11.6 Å². The Hall–Kier alpha value is -1.82. The van der Waals surface area contributed by atoms with Crippen molar-refractivity contribution < 1.29 is 9.53 Å². The maximum Gasteiger partial charge on any atom is 0.241 e. The third-order valence-corrected chi connectivity index (χ3v) is 2.84. The highest BCUT2D eigenvalue weighted by molar-refractivity contribution is 5.99. The molecule has 0 aliphatic carbocycles. The predicted octanol–water partition coefficient (Wildman–Crippen LogP) is 1.08. The number of nitrogens with zero attached hydrogens (tertiary/aromatic N) is 2. The van der Waals surface area contributed by atoms with Gasteiger partial charge in [0, 0.05) is 20.3 Å². The number of nitrogens with two attached hydrogens (primary N) is 1. The Morgan fingerprint density at radius 1 is 1.47 bits per heavy atom. The van der Waals surface area contributed by atoms with Crippen LogP contribution < -0.4 is 20.7 Å². The lowest BCUT2D eigenvalue weighted by Gasteiger charge is -2.21. The van der Waals surface area contributed by atoms with Gasteiger partial charge in [-0.2, -0.15) is 0 Å². The molecule has 0 radical (unpaired) electrons. The molecule has 3 N–H and O–H groups in total. The van der Waals surface area contributed by atoms with Crippen LogP contribution in [0.5, 0.6) is 5.88 Å². The number of hydrogen-bond acceptors (Lipinski definition) is 5. The Morgan fingerprint density at radius 2 is 2.11 bits per heavy atom. The van der Waals surface area contributed by atoms with Crippen LogP contribution in [0.3, 0.4) is 0 Å². The Balaban J connectivity index is 3.08. The number of aromatic nitrogens is 1. The van der Waals surface area contributed by atoms with Crippen molar-refractivity contribution in [3.63, 3.8) is 0 Å². The van der Waals surface area contributed by atoms with E-state index in [4.69, 9.17) is 10.5 Å². The number of carbonyl (C=O) groups is 1. The van der Waals surface area contributed by atoms with Crippen LogP contribution in [-0.4, -0.2) is 38.1 Å². The summed E-state index contributed by atoms with van der Waals surface area (Å²) < 4.78 is 5.18. The summed E-state index contributed by atoms with van der Waals surface area (Å²) in [5.74, 6) is 0.186. The smallest absolute Gasteiger partial charge is 0.241 e. The number of hydrogen-bond donors (Lipinski definition) is 2. The van der Waals surface area contributed by atoms with Gasteiger partial charge in [-0.25, -0.2) is 4.98 Å². The van der Waals surface area contributed by atoms with Crippen LogP contribution >= 0.6 is 0 Å². The second kappa shape index (κ2) is 6.38. The minimum Gasteiger partial charge on any atom is -0.479 e. The van der Waals surface area contributed by atoms with Gasteiger partial charge in [-0.05, 0) is 12.0 Å². The van der Waals surface area contributed by atoms with Gasteiger partial charge in [-0.3, -0.25) is 4.79 Å². The molecule has 1 atom stereocenters. The monoisotopic (exact) mass is 266 g/mol. The average molecular weight is 266 g/mol. The largest absolute Gasteiger partial charge is 0.479 e. The third kappa shape index (κ3) is 3.57. The third-order valence-electron chi connectivity index (χ3n) is 2.84. The van der Waals surface area contributed by atoms with Crippen LogP contribution in [0.1, 0.15) is 13.8 Å². The second-order valence-electron chi connectivity index (χ2n) is 4.87. The van der Waals surface area contributed by atoms with Gasteiger partial charge in [-0.1, -0.05) is 13.8 Å². The zero-order chi connectivity index (χ0) is 14.6. The predicted molar refractivity (Wildman–Crippen MR) is 76.6 cm³/mol. The van der Waals surface area contributed by atoms with Gasteiger partial charge in [0.2, 0.25) is 11.8 Å². The number of rotatable bonds is 5. The maximum atomic E-state index is 12.1. The molecule has 1 rings (SSSR count). The normalized spacial score (nSPS) is 12.2. The zero-order valence-electron chi connectivity index (χ0n) is 12.1. The fourth-order valence-corrected chi connectivity index (χ4v) is 1.59. The quantitative estimate of drug-likeness (QED) is 0.833. The summed E-state index contributed by atoms with van der Waals surface area (Å²) in [4.78, 5) is 18.0. The van der Waals surface area contributed by atoms with E-state index in [-0.39, 0.29) is 11.8 Å². The molecule has 0 fully saturated rings. The van der Waals surface area contributed by atoms with Gasteiger partial charge in [0.05, 0.1) is 18.8 Å². The molecule has 0 aliphatic rings. The molecule has 1 amide bonds. The summed E-state index contributed by atoms with van der Waals surface area (Å²) >= 11 is 0. The van der Waals surface area contributed by atoms with Crippen LogP contribution in [-0.2, 0) is 4.79 Å². The maximum absolute atomic E-state index is 12.1. The van der Waals surface area contributed by atoms with Crippen LogP contribution in [0, 0.1) is 5.92 Å². The molecule has 6 nitrogen and oxygen atoms in total. The summed E-state index contributed by atoms with van der Waals surface area (Å²) in [5, 5.41) is 2.80. The fraction of sp³-hybridized carbons (Fsp3) is 0.538. The molecule has 0 saturated carbocycles. The van der Waals surface area contributed by atoms with Gasteiger partial charge in [0.25, 0.3) is 0 Å². The second-order valence-corrected chi connectivity index (χ2v) is 4.87. The summed E-state index contributed by atoms with van der Waals surface area (Å²) in [6.45, 7) is 3.80. The first-order valence-electron chi connectivity index (χ1n) is 6.15.